The number of amides is 1. The maximum absolute atomic E-state index is 11.1. The number of hydrogen-bond acceptors (Lipinski definition) is 3. The van der Waals surface area contributed by atoms with Crippen LogP contribution in [0.3, 0.4) is 0 Å². The van der Waals surface area contributed by atoms with E-state index in [9.17, 15) is 4.79 Å². The Bertz CT molecular complexity index is 358. The second-order valence-corrected chi connectivity index (χ2v) is 7.30. The lowest BCUT2D eigenvalue weighted by Crippen LogP contribution is -2.46. The van der Waals surface area contributed by atoms with Crippen LogP contribution in [0.4, 0.5) is 0 Å². The van der Waals surface area contributed by atoms with Gasteiger partial charge in [0.2, 0.25) is 5.91 Å². The summed E-state index contributed by atoms with van der Waals surface area (Å²) >= 11 is 0. The Morgan fingerprint density at radius 2 is 1.86 bits per heavy atom. The van der Waals surface area contributed by atoms with E-state index >= 15 is 0 Å². The zero-order valence-corrected chi connectivity index (χ0v) is 13.4. The van der Waals surface area contributed by atoms with E-state index in [1.54, 1.807) is 6.92 Å². The summed E-state index contributed by atoms with van der Waals surface area (Å²) in [4.78, 5) is 13.6. The molecular weight excluding hydrogens is 264 g/mol. The van der Waals surface area contributed by atoms with Crippen LogP contribution in [0.2, 0.25) is 0 Å². The highest BCUT2D eigenvalue weighted by Crippen LogP contribution is 2.42. The minimum absolute atomic E-state index is 0.104. The molecule has 1 spiro atoms. The van der Waals surface area contributed by atoms with Gasteiger partial charge in [-0.05, 0) is 38.5 Å². The lowest BCUT2D eigenvalue weighted by Gasteiger charge is -2.36. The maximum atomic E-state index is 11.1. The van der Waals surface area contributed by atoms with Crippen molar-refractivity contribution in [2.45, 2.75) is 82.5 Å². The average molecular weight is 294 g/mol. The third kappa shape index (κ3) is 3.98. The van der Waals surface area contributed by atoms with Crippen LogP contribution in [-0.4, -0.2) is 48.2 Å². The molecule has 1 unspecified atom stereocenters. The summed E-state index contributed by atoms with van der Waals surface area (Å²) in [7, 11) is 0. The number of carbonyl (C=O) groups excluding carboxylic acids is 1. The molecule has 0 aromatic rings. The first-order chi connectivity index (χ1) is 10.2. The molecule has 4 nitrogen and oxygen atoms in total. The van der Waals surface area contributed by atoms with E-state index in [1.807, 2.05) is 0 Å². The lowest BCUT2D eigenvalue weighted by molar-refractivity contribution is -0.120. The molecule has 2 saturated heterocycles. The molecule has 1 amide bonds. The molecule has 2 aliphatic heterocycles. The van der Waals surface area contributed by atoms with E-state index in [-0.39, 0.29) is 11.5 Å². The molecule has 1 atom stereocenters. The number of nitrogens with one attached hydrogen (secondary N) is 1. The molecule has 0 radical (unpaired) electrons. The number of likely N-dealkylation sites (tertiary alicyclic amines) is 1. The maximum Gasteiger partial charge on any atom is 0.217 e. The van der Waals surface area contributed by atoms with Crippen molar-refractivity contribution in [1.29, 1.82) is 0 Å². The van der Waals surface area contributed by atoms with Gasteiger partial charge < -0.3 is 15.0 Å². The Hall–Kier alpha value is -0.610. The van der Waals surface area contributed by atoms with E-state index in [0.29, 0.717) is 12.1 Å². The van der Waals surface area contributed by atoms with Crippen molar-refractivity contribution in [3.05, 3.63) is 0 Å². The highest BCUT2D eigenvalue weighted by molar-refractivity contribution is 5.73. The first-order valence-electron chi connectivity index (χ1n) is 8.82. The fraction of sp³-hybridized carbons (Fsp3) is 0.941. The van der Waals surface area contributed by atoms with Crippen molar-refractivity contribution in [1.82, 2.24) is 10.2 Å². The summed E-state index contributed by atoms with van der Waals surface area (Å²) in [5.41, 5.74) is 0.247. The van der Waals surface area contributed by atoms with Gasteiger partial charge in [-0.15, -0.1) is 0 Å². The molecule has 3 fully saturated rings. The third-order valence-corrected chi connectivity index (χ3v) is 5.56. The third-order valence-electron chi connectivity index (χ3n) is 5.56. The Kier molecular flexibility index (Phi) is 4.85. The Balaban J connectivity index is 1.41. The molecule has 2 heterocycles. The van der Waals surface area contributed by atoms with Gasteiger partial charge in [-0.1, -0.05) is 19.3 Å². The van der Waals surface area contributed by atoms with Gasteiger partial charge in [0.15, 0.2) is 0 Å². The van der Waals surface area contributed by atoms with E-state index in [4.69, 9.17) is 4.74 Å². The van der Waals surface area contributed by atoms with Crippen molar-refractivity contribution in [2.75, 3.05) is 19.6 Å². The van der Waals surface area contributed by atoms with Crippen LogP contribution in [0.15, 0.2) is 0 Å². The number of piperidine rings is 1. The smallest absolute Gasteiger partial charge is 0.217 e. The van der Waals surface area contributed by atoms with Gasteiger partial charge in [0.05, 0.1) is 11.7 Å². The molecule has 0 aromatic carbocycles. The molecule has 120 valence electrons. The van der Waals surface area contributed by atoms with Crippen LogP contribution in [0.5, 0.6) is 0 Å². The monoisotopic (exact) mass is 294 g/mol. The highest BCUT2D eigenvalue weighted by Gasteiger charge is 2.41. The number of carbonyl (C=O) groups is 1. The predicted molar refractivity (Wildman–Crippen MR) is 83.2 cm³/mol. The van der Waals surface area contributed by atoms with Crippen LogP contribution in [0.25, 0.3) is 0 Å². The minimum atomic E-state index is 0.104. The second-order valence-electron chi connectivity index (χ2n) is 7.30. The summed E-state index contributed by atoms with van der Waals surface area (Å²) in [6.45, 7) is 4.90. The van der Waals surface area contributed by atoms with Gasteiger partial charge in [-0.3, -0.25) is 4.79 Å². The summed E-state index contributed by atoms with van der Waals surface area (Å²) in [5.74, 6) is 0.104. The van der Waals surface area contributed by atoms with E-state index in [1.165, 1.54) is 44.9 Å². The molecule has 1 aliphatic carbocycles. The van der Waals surface area contributed by atoms with Gasteiger partial charge in [0.25, 0.3) is 0 Å². The van der Waals surface area contributed by atoms with Crippen LogP contribution in [0.1, 0.15) is 64.7 Å². The summed E-state index contributed by atoms with van der Waals surface area (Å²) in [6.07, 6.45) is 11.8. The second kappa shape index (κ2) is 6.66. The average Bonchev–Trinajstić information content (AvgIpc) is 2.84. The molecule has 0 aromatic heterocycles. The van der Waals surface area contributed by atoms with Gasteiger partial charge >= 0.3 is 0 Å². The molecule has 3 rings (SSSR count). The molecular formula is C17H30N2O2. The minimum Gasteiger partial charge on any atom is -0.370 e. The Morgan fingerprint density at radius 3 is 2.52 bits per heavy atom. The molecule has 3 aliphatic rings. The van der Waals surface area contributed by atoms with Crippen LogP contribution >= 0.6 is 0 Å². The number of nitrogens with zero attached hydrogens (tertiary/aromatic N) is 1. The molecule has 1 saturated carbocycles. The van der Waals surface area contributed by atoms with Crippen LogP contribution < -0.4 is 5.32 Å². The van der Waals surface area contributed by atoms with Crippen molar-refractivity contribution in [2.24, 2.45) is 0 Å². The Morgan fingerprint density at radius 1 is 1.14 bits per heavy atom. The standard InChI is InChI=1S/C17H30N2O2/c1-14(20)18-15-6-11-19(12-7-15)13-16-5-10-17(21-16)8-3-2-4-9-17/h15-16H,2-13H2,1H3,(H,18,20). The molecule has 21 heavy (non-hydrogen) atoms. The van der Waals surface area contributed by atoms with Crippen molar-refractivity contribution < 1.29 is 9.53 Å². The summed E-state index contributed by atoms with van der Waals surface area (Å²) in [5, 5.41) is 3.05. The number of hydrogen-bond donors (Lipinski definition) is 1. The number of rotatable bonds is 3. The SMILES string of the molecule is CC(=O)NC1CCN(CC2CCC3(CCCCC3)O2)CC1. The van der Waals surface area contributed by atoms with E-state index in [0.717, 1.165) is 32.5 Å². The fourth-order valence-electron chi connectivity index (χ4n) is 4.42. The highest BCUT2D eigenvalue weighted by atomic mass is 16.5. The van der Waals surface area contributed by atoms with Gasteiger partial charge in [-0.25, -0.2) is 0 Å². The lowest BCUT2D eigenvalue weighted by atomic mass is 9.83. The van der Waals surface area contributed by atoms with E-state index < -0.39 is 0 Å². The van der Waals surface area contributed by atoms with Crippen molar-refractivity contribution >= 4 is 5.91 Å². The first kappa shape index (κ1) is 15.3. The molecule has 0 bridgehead atoms. The largest absolute Gasteiger partial charge is 0.370 e. The topological polar surface area (TPSA) is 41.6 Å². The van der Waals surface area contributed by atoms with Crippen molar-refractivity contribution in [3.8, 4) is 0 Å². The van der Waals surface area contributed by atoms with Crippen LogP contribution in [0, 0.1) is 0 Å². The van der Waals surface area contributed by atoms with Gasteiger partial charge in [0.1, 0.15) is 0 Å². The summed E-state index contributed by atoms with van der Waals surface area (Å²) in [6, 6.07) is 0.382. The van der Waals surface area contributed by atoms with Gasteiger partial charge in [-0.2, -0.15) is 0 Å². The number of ether oxygens (including phenoxy) is 1. The van der Waals surface area contributed by atoms with E-state index in [2.05, 4.69) is 10.2 Å². The Labute approximate surface area is 128 Å². The van der Waals surface area contributed by atoms with Crippen molar-refractivity contribution in [3.63, 3.8) is 0 Å². The fourth-order valence-corrected chi connectivity index (χ4v) is 4.42. The van der Waals surface area contributed by atoms with Gasteiger partial charge in [0, 0.05) is 32.6 Å². The summed E-state index contributed by atoms with van der Waals surface area (Å²) < 4.78 is 6.47. The normalized spacial score (nSPS) is 30.6. The zero-order valence-electron chi connectivity index (χ0n) is 13.4. The predicted octanol–water partition coefficient (Wildman–Crippen LogP) is 2.47. The molecule has 4 heteroatoms. The van der Waals surface area contributed by atoms with Crippen LogP contribution in [-0.2, 0) is 9.53 Å². The zero-order chi connectivity index (χ0) is 14.7. The quantitative estimate of drug-likeness (QED) is 0.869. The molecule has 1 N–H and O–H groups in total. The first-order valence-corrected chi connectivity index (χ1v) is 8.82.